The van der Waals surface area contributed by atoms with Crippen LogP contribution >= 0.6 is 0 Å². The molecular formula is C13H17NO6. The van der Waals surface area contributed by atoms with E-state index in [9.17, 15) is 9.59 Å². The summed E-state index contributed by atoms with van der Waals surface area (Å²) in [5.74, 6) is -2.12. The maximum atomic E-state index is 11.1. The normalized spacial score (nSPS) is 11.7. The summed E-state index contributed by atoms with van der Waals surface area (Å²) < 4.78 is 10.4. The second kappa shape index (κ2) is 6.65. The third kappa shape index (κ3) is 3.53. The van der Waals surface area contributed by atoms with E-state index in [1.54, 1.807) is 0 Å². The van der Waals surface area contributed by atoms with Crippen LogP contribution in [0.5, 0.6) is 11.5 Å². The highest BCUT2D eigenvalue weighted by Crippen LogP contribution is 2.33. The summed E-state index contributed by atoms with van der Waals surface area (Å²) in [6.45, 7) is 1.82. The van der Waals surface area contributed by atoms with E-state index < -0.39 is 18.0 Å². The van der Waals surface area contributed by atoms with Crippen molar-refractivity contribution in [2.75, 3.05) is 12.8 Å². The van der Waals surface area contributed by atoms with E-state index in [0.717, 1.165) is 0 Å². The molecule has 0 saturated heterocycles. The van der Waals surface area contributed by atoms with Crippen LogP contribution in [0.25, 0.3) is 0 Å². The van der Waals surface area contributed by atoms with Crippen molar-refractivity contribution in [1.82, 2.24) is 0 Å². The largest absolute Gasteiger partial charge is 0.493 e. The Bertz CT molecular complexity index is 514. The molecular weight excluding hydrogens is 266 g/mol. The third-order valence-electron chi connectivity index (χ3n) is 2.66. The van der Waals surface area contributed by atoms with Gasteiger partial charge in [-0.15, -0.1) is 0 Å². The van der Waals surface area contributed by atoms with Crippen LogP contribution in [0.3, 0.4) is 0 Å². The Balaban J connectivity index is 3.17. The number of ether oxygens (including phenoxy) is 2. The average Bonchev–Trinajstić information content (AvgIpc) is 2.38. The molecule has 0 amide bonds. The van der Waals surface area contributed by atoms with Crippen molar-refractivity contribution in [2.45, 2.75) is 25.9 Å². The summed E-state index contributed by atoms with van der Waals surface area (Å²) in [5, 5.41) is 18.1. The van der Waals surface area contributed by atoms with Gasteiger partial charge in [0.15, 0.2) is 17.6 Å². The fourth-order valence-corrected chi connectivity index (χ4v) is 1.66. The first-order valence-corrected chi connectivity index (χ1v) is 6.01. The van der Waals surface area contributed by atoms with Crippen molar-refractivity contribution in [2.24, 2.45) is 0 Å². The quantitative estimate of drug-likeness (QED) is 0.650. The molecule has 0 saturated carbocycles. The van der Waals surface area contributed by atoms with Crippen LogP contribution in [-0.4, -0.2) is 35.4 Å². The molecule has 0 aromatic heterocycles. The second-order valence-corrected chi connectivity index (χ2v) is 4.13. The lowest BCUT2D eigenvalue weighted by molar-refractivity contribution is -0.145. The van der Waals surface area contributed by atoms with Crippen LogP contribution in [0.4, 0.5) is 5.69 Å². The minimum Gasteiger partial charge on any atom is -0.493 e. The monoisotopic (exact) mass is 283 g/mol. The average molecular weight is 283 g/mol. The van der Waals surface area contributed by atoms with Gasteiger partial charge in [0, 0.05) is 12.1 Å². The zero-order valence-electron chi connectivity index (χ0n) is 11.3. The van der Waals surface area contributed by atoms with E-state index in [1.165, 1.54) is 19.2 Å². The molecule has 0 radical (unpaired) electrons. The summed E-state index contributed by atoms with van der Waals surface area (Å²) in [4.78, 5) is 22.1. The molecule has 1 atom stereocenters. The molecule has 7 heteroatoms. The molecule has 0 aliphatic carbocycles. The molecule has 0 fully saturated rings. The number of aromatic carboxylic acids is 1. The van der Waals surface area contributed by atoms with E-state index in [2.05, 4.69) is 0 Å². The van der Waals surface area contributed by atoms with Gasteiger partial charge in [0.05, 0.1) is 18.4 Å². The molecule has 110 valence electrons. The van der Waals surface area contributed by atoms with Gasteiger partial charge >= 0.3 is 11.9 Å². The van der Waals surface area contributed by atoms with Crippen LogP contribution in [0.15, 0.2) is 12.1 Å². The van der Waals surface area contributed by atoms with Gasteiger partial charge in [-0.1, -0.05) is 13.3 Å². The second-order valence-electron chi connectivity index (χ2n) is 4.13. The molecule has 0 aliphatic rings. The summed E-state index contributed by atoms with van der Waals surface area (Å²) in [6.07, 6.45) is -0.162. The SMILES string of the molecule is CCCC(Oc1cc(C(=O)O)c(N)cc1OC)C(=O)O. The Kier molecular flexibility index (Phi) is 5.19. The first-order chi connectivity index (χ1) is 9.40. The van der Waals surface area contributed by atoms with E-state index in [1.807, 2.05) is 6.92 Å². The van der Waals surface area contributed by atoms with Gasteiger partial charge in [-0.2, -0.15) is 0 Å². The highest BCUT2D eigenvalue weighted by atomic mass is 16.5. The van der Waals surface area contributed by atoms with Gasteiger partial charge < -0.3 is 25.4 Å². The standard InChI is InChI=1S/C13H17NO6/c1-3-4-9(13(17)18)20-11-5-7(12(15)16)8(14)6-10(11)19-2/h5-6,9H,3-4,14H2,1-2H3,(H,15,16)(H,17,18). The molecule has 0 aliphatic heterocycles. The molecule has 0 bridgehead atoms. The lowest BCUT2D eigenvalue weighted by Crippen LogP contribution is -2.27. The molecule has 1 unspecified atom stereocenters. The first-order valence-electron chi connectivity index (χ1n) is 6.01. The van der Waals surface area contributed by atoms with Gasteiger partial charge in [0.25, 0.3) is 0 Å². The molecule has 0 spiro atoms. The Hall–Kier alpha value is -2.44. The predicted molar refractivity (Wildman–Crippen MR) is 71.3 cm³/mol. The maximum absolute atomic E-state index is 11.1. The zero-order valence-corrected chi connectivity index (χ0v) is 11.3. The first kappa shape index (κ1) is 15.6. The van der Waals surface area contributed by atoms with Crippen LogP contribution in [0.1, 0.15) is 30.1 Å². The highest BCUT2D eigenvalue weighted by Gasteiger charge is 2.22. The van der Waals surface area contributed by atoms with Gasteiger partial charge in [-0.25, -0.2) is 9.59 Å². The number of carbonyl (C=O) groups is 2. The van der Waals surface area contributed by atoms with Gasteiger partial charge in [0.1, 0.15) is 0 Å². The minimum atomic E-state index is -1.22. The molecule has 1 aromatic carbocycles. The van der Waals surface area contributed by atoms with E-state index >= 15 is 0 Å². The van der Waals surface area contributed by atoms with E-state index in [4.69, 9.17) is 25.4 Å². The van der Waals surface area contributed by atoms with Crippen LogP contribution in [0.2, 0.25) is 0 Å². The van der Waals surface area contributed by atoms with Crippen LogP contribution in [-0.2, 0) is 4.79 Å². The Labute approximate surface area is 115 Å². The predicted octanol–water partition coefficient (Wildman–Crippen LogP) is 1.61. The number of benzene rings is 1. The fourth-order valence-electron chi connectivity index (χ4n) is 1.66. The van der Waals surface area contributed by atoms with Gasteiger partial charge in [-0.05, 0) is 6.42 Å². The van der Waals surface area contributed by atoms with Crippen molar-refractivity contribution in [3.8, 4) is 11.5 Å². The van der Waals surface area contributed by atoms with Crippen LogP contribution in [0, 0.1) is 0 Å². The molecule has 4 N–H and O–H groups in total. The van der Waals surface area contributed by atoms with Gasteiger partial charge in [-0.3, -0.25) is 0 Å². The van der Waals surface area contributed by atoms with Crippen molar-refractivity contribution in [1.29, 1.82) is 0 Å². The summed E-state index contributed by atoms with van der Waals surface area (Å²) in [5.41, 5.74) is 5.44. The molecule has 0 heterocycles. The number of nitrogens with two attached hydrogens (primary N) is 1. The Morgan fingerprint density at radius 3 is 2.40 bits per heavy atom. The number of hydrogen-bond acceptors (Lipinski definition) is 5. The summed E-state index contributed by atoms with van der Waals surface area (Å²) >= 11 is 0. The lowest BCUT2D eigenvalue weighted by atomic mass is 10.1. The van der Waals surface area contributed by atoms with Crippen molar-refractivity contribution in [3.63, 3.8) is 0 Å². The number of hydrogen-bond donors (Lipinski definition) is 3. The van der Waals surface area contributed by atoms with E-state index in [-0.39, 0.29) is 22.7 Å². The number of aliphatic carboxylic acids is 1. The van der Waals surface area contributed by atoms with Crippen molar-refractivity contribution >= 4 is 17.6 Å². The third-order valence-corrected chi connectivity index (χ3v) is 2.66. The summed E-state index contributed by atoms with van der Waals surface area (Å²) in [6, 6.07) is 2.46. The number of rotatable bonds is 7. The number of nitrogen functional groups attached to an aromatic ring is 1. The zero-order chi connectivity index (χ0) is 15.3. The number of anilines is 1. The summed E-state index contributed by atoms with van der Waals surface area (Å²) in [7, 11) is 1.36. The molecule has 1 aromatic rings. The van der Waals surface area contributed by atoms with Crippen LogP contribution < -0.4 is 15.2 Å². The highest BCUT2D eigenvalue weighted by molar-refractivity contribution is 5.94. The van der Waals surface area contributed by atoms with Crippen molar-refractivity contribution < 1.29 is 29.3 Å². The molecule has 7 nitrogen and oxygen atoms in total. The smallest absolute Gasteiger partial charge is 0.344 e. The number of methoxy groups -OCH3 is 1. The molecule has 1 rings (SSSR count). The topological polar surface area (TPSA) is 119 Å². The van der Waals surface area contributed by atoms with E-state index in [0.29, 0.717) is 12.8 Å². The Morgan fingerprint density at radius 1 is 1.30 bits per heavy atom. The van der Waals surface area contributed by atoms with Crippen molar-refractivity contribution in [3.05, 3.63) is 17.7 Å². The number of carboxylic acids is 2. The number of carboxylic acid groups (broad SMARTS) is 2. The van der Waals surface area contributed by atoms with Gasteiger partial charge in [0.2, 0.25) is 0 Å². The maximum Gasteiger partial charge on any atom is 0.344 e. The Morgan fingerprint density at radius 2 is 1.95 bits per heavy atom. The fraction of sp³-hybridized carbons (Fsp3) is 0.385. The lowest BCUT2D eigenvalue weighted by Gasteiger charge is -2.17. The molecule has 20 heavy (non-hydrogen) atoms. The minimum absolute atomic E-state index is 0.0177.